The van der Waals surface area contributed by atoms with Crippen molar-refractivity contribution in [1.29, 1.82) is 0 Å². The van der Waals surface area contributed by atoms with Crippen LogP contribution in [0.4, 0.5) is 0 Å². The molecule has 1 fully saturated rings. The molecule has 1 aromatic heterocycles. The number of likely N-dealkylation sites (tertiary alicyclic amines) is 1. The van der Waals surface area contributed by atoms with E-state index in [2.05, 4.69) is 22.3 Å². The Morgan fingerprint density at radius 2 is 2.31 bits per heavy atom. The average Bonchev–Trinajstić information content (AvgIpc) is 2.81. The molecule has 0 saturated carbocycles. The first-order valence-electron chi connectivity index (χ1n) is 6.23. The van der Waals surface area contributed by atoms with Crippen molar-refractivity contribution >= 4 is 0 Å². The highest BCUT2D eigenvalue weighted by atomic mass is 16.5. The third-order valence-corrected chi connectivity index (χ3v) is 3.14. The smallest absolute Gasteiger partial charge is 0.150 e. The van der Waals surface area contributed by atoms with Crippen LogP contribution >= 0.6 is 0 Å². The molecule has 1 aliphatic rings. The monoisotopic (exact) mass is 223 g/mol. The van der Waals surface area contributed by atoms with Gasteiger partial charge in [0.25, 0.3) is 0 Å². The number of rotatable bonds is 5. The zero-order chi connectivity index (χ0) is 11.2. The fourth-order valence-corrected chi connectivity index (χ4v) is 2.19. The molecular formula is C12H21N3O. The van der Waals surface area contributed by atoms with Gasteiger partial charge >= 0.3 is 0 Å². The van der Waals surface area contributed by atoms with Crippen LogP contribution in [0.5, 0.6) is 0 Å². The molecule has 0 aliphatic carbocycles. The van der Waals surface area contributed by atoms with Gasteiger partial charge < -0.3 is 9.84 Å². The van der Waals surface area contributed by atoms with Crippen LogP contribution < -0.4 is 5.32 Å². The first-order valence-corrected chi connectivity index (χ1v) is 6.23. The van der Waals surface area contributed by atoms with Crippen LogP contribution in [0.25, 0.3) is 0 Å². The summed E-state index contributed by atoms with van der Waals surface area (Å²) in [6.45, 7) is 6.57. The van der Waals surface area contributed by atoms with Crippen LogP contribution in [-0.2, 0) is 6.54 Å². The second-order valence-electron chi connectivity index (χ2n) is 4.48. The molecular weight excluding hydrogens is 202 g/mol. The van der Waals surface area contributed by atoms with Crippen molar-refractivity contribution in [3.63, 3.8) is 0 Å². The molecule has 4 nitrogen and oxygen atoms in total. The number of hydrogen-bond acceptors (Lipinski definition) is 4. The second-order valence-corrected chi connectivity index (χ2v) is 4.48. The minimum atomic E-state index is 0.714. The lowest BCUT2D eigenvalue weighted by Crippen LogP contribution is -2.42. The molecule has 2 heterocycles. The lowest BCUT2D eigenvalue weighted by Gasteiger charge is -2.31. The zero-order valence-corrected chi connectivity index (χ0v) is 9.98. The van der Waals surface area contributed by atoms with Crippen molar-refractivity contribution in [2.45, 2.75) is 38.8 Å². The standard InChI is InChI=1S/C12H21N3O/c1-2-6-13-11-4-8-15(9-5-11)10-12-3-7-14-16-12/h3,7,11,13H,2,4-6,8-10H2,1H3. The fourth-order valence-electron chi connectivity index (χ4n) is 2.19. The van der Waals surface area contributed by atoms with E-state index < -0.39 is 0 Å². The van der Waals surface area contributed by atoms with E-state index in [0.717, 1.165) is 31.9 Å². The molecule has 0 aromatic carbocycles. The second kappa shape index (κ2) is 6.01. The third kappa shape index (κ3) is 3.32. The van der Waals surface area contributed by atoms with Crippen molar-refractivity contribution in [2.24, 2.45) is 0 Å². The van der Waals surface area contributed by atoms with E-state index in [0.29, 0.717) is 6.04 Å². The summed E-state index contributed by atoms with van der Waals surface area (Å²) in [5.41, 5.74) is 0. The first kappa shape index (κ1) is 11.6. The topological polar surface area (TPSA) is 41.3 Å². The van der Waals surface area contributed by atoms with Crippen LogP contribution in [0.15, 0.2) is 16.8 Å². The van der Waals surface area contributed by atoms with Gasteiger partial charge in [-0.3, -0.25) is 4.90 Å². The molecule has 0 amide bonds. The summed E-state index contributed by atoms with van der Waals surface area (Å²) >= 11 is 0. The minimum absolute atomic E-state index is 0.714. The van der Waals surface area contributed by atoms with Crippen LogP contribution in [0.3, 0.4) is 0 Å². The molecule has 0 atom stereocenters. The molecule has 4 heteroatoms. The van der Waals surface area contributed by atoms with Gasteiger partial charge in [-0.15, -0.1) is 0 Å². The Labute approximate surface area is 97.0 Å². The third-order valence-electron chi connectivity index (χ3n) is 3.14. The fraction of sp³-hybridized carbons (Fsp3) is 0.750. The van der Waals surface area contributed by atoms with Gasteiger partial charge in [-0.1, -0.05) is 12.1 Å². The van der Waals surface area contributed by atoms with Gasteiger partial charge in [0.05, 0.1) is 12.7 Å². The average molecular weight is 223 g/mol. The molecule has 2 rings (SSSR count). The highest BCUT2D eigenvalue weighted by molar-refractivity contribution is 4.93. The molecule has 1 saturated heterocycles. The summed E-state index contributed by atoms with van der Waals surface area (Å²) in [7, 11) is 0. The first-order chi connectivity index (χ1) is 7.88. The van der Waals surface area contributed by atoms with E-state index in [4.69, 9.17) is 4.52 Å². The Morgan fingerprint density at radius 1 is 1.50 bits per heavy atom. The normalized spacial score (nSPS) is 19.1. The quantitative estimate of drug-likeness (QED) is 0.824. The highest BCUT2D eigenvalue weighted by Crippen LogP contribution is 2.13. The molecule has 0 radical (unpaired) electrons. The summed E-state index contributed by atoms with van der Waals surface area (Å²) in [6, 6.07) is 2.66. The lowest BCUT2D eigenvalue weighted by atomic mass is 10.0. The zero-order valence-electron chi connectivity index (χ0n) is 9.98. The van der Waals surface area contributed by atoms with Crippen LogP contribution in [0.2, 0.25) is 0 Å². The Bertz CT molecular complexity index is 278. The Kier molecular flexibility index (Phi) is 4.36. The SMILES string of the molecule is CCCNC1CCN(Cc2ccno2)CC1. The van der Waals surface area contributed by atoms with Gasteiger partial charge in [0.15, 0.2) is 5.76 Å². The minimum Gasteiger partial charge on any atom is -0.360 e. The van der Waals surface area contributed by atoms with Crippen molar-refractivity contribution in [1.82, 2.24) is 15.4 Å². The maximum Gasteiger partial charge on any atom is 0.150 e. The van der Waals surface area contributed by atoms with E-state index in [1.54, 1.807) is 6.20 Å². The van der Waals surface area contributed by atoms with Gasteiger partial charge in [-0.05, 0) is 25.8 Å². The maximum atomic E-state index is 5.12. The van der Waals surface area contributed by atoms with Crippen LogP contribution in [-0.4, -0.2) is 35.7 Å². The Morgan fingerprint density at radius 3 is 2.94 bits per heavy atom. The van der Waals surface area contributed by atoms with Crippen molar-refractivity contribution < 1.29 is 4.52 Å². The summed E-state index contributed by atoms with van der Waals surface area (Å²) < 4.78 is 5.12. The molecule has 90 valence electrons. The van der Waals surface area contributed by atoms with Gasteiger partial charge in [0, 0.05) is 25.2 Å². The molecule has 0 spiro atoms. The number of piperidine rings is 1. The van der Waals surface area contributed by atoms with E-state index in [-0.39, 0.29) is 0 Å². The molecule has 0 unspecified atom stereocenters. The Balaban J connectivity index is 1.69. The van der Waals surface area contributed by atoms with Gasteiger partial charge in [0.1, 0.15) is 0 Å². The number of nitrogens with one attached hydrogen (secondary N) is 1. The molecule has 0 bridgehead atoms. The lowest BCUT2D eigenvalue weighted by molar-refractivity contribution is 0.173. The van der Waals surface area contributed by atoms with Gasteiger partial charge in [-0.25, -0.2) is 0 Å². The largest absolute Gasteiger partial charge is 0.360 e. The number of nitrogens with zero attached hydrogens (tertiary/aromatic N) is 2. The van der Waals surface area contributed by atoms with Gasteiger partial charge in [0.2, 0.25) is 0 Å². The summed E-state index contributed by atoms with van der Waals surface area (Å²) in [5.74, 6) is 0.972. The summed E-state index contributed by atoms with van der Waals surface area (Å²) in [4.78, 5) is 2.44. The predicted octanol–water partition coefficient (Wildman–Crippen LogP) is 1.64. The highest BCUT2D eigenvalue weighted by Gasteiger charge is 2.19. The number of aromatic nitrogens is 1. The summed E-state index contributed by atoms with van der Waals surface area (Å²) in [6.07, 6.45) is 5.42. The molecule has 16 heavy (non-hydrogen) atoms. The van der Waals surface area contributed by atoms with Crippen molar-refractivity contribution in [3.8, 4) is 0 Å². The van der Waals surface area contributed by atoms with Crippen LogP contribution in [0, 0.1) is 0 Å². The van der Waals surface area contributed by atoms with E-state index in [1.165, 1.54) is 19.3 Å². The Hall–Kier alpha value is -0.870. The van der Waals surface area contributed by atoms with Crippen LogP contribution in [0.1, 0.15) is 31.9 Å². The number of hydrogen-bond donors (Lipinski definition) is 1. The molecule has 1 aliphatic heterocycles. The van der Waals surface area contributed by atoms with E-state index in [9.17, 15) is 0 Å². The van der Waals surface area contributed by atoms with Crippen molar-refractivity contribution in [3.05, 3.63) is 18.0 Å². The van der Waals surface area contributed by atoms with E-state index >= 15 is 0 Å². The van der Waals surface area contributed by atoms with Gasteiger partial charge in [-0.2, -0.15) is 0 Å². The summed E-state index contributed by atoms with van der Waals surface area (Å²) in [5, 5.41) is 7.32. The maximum absolute atomic E-state index is 5.12. The van der Waals surface area contributed by atoms with Crippen molar-refractivity contribution in [2.75, 3.05) is 19.6 Å². The molecule has 1 N–H and O–H groups in total. The van der Waals surface area contributed by atoms with E-state index in [1.807, 2.05) is 6.07 Å². The predicted molar refractivity (Wildman–Crippen MR) is 63.1 cm³/mol. The molecule has 1 aromatic rings.